The Morgan fingerprint density at radius 3 is 2.32 bits per heavy atom. The first-order valence-corrected chi connectivity index (χ1v) is 9.16. The van der Waals surface area contributed by atoms with E-state index < -0.39 is 0 Å². The Labute approximate surface area is 164 Å². The van der Waals surface area contributed by atoms with Gasteiger partial charge < -0.3 is 20.7 Å². The van der Waals surface area contributed by atoms with E-state index in [1.165, 1.54) is 12.1 Å². The number of amides is 3. The monoisotopic (exact) mass is 387 g/mol. The Bertz CT molecular complexity index is 791. The number of carbonyl (C=O) groups is 2. The van der Waals surface area contributed by atoms with E-state index in [1.54, 1.807) is 12.1 Å². The predicted octanol–water partition coefficient (Wildman–Crippen LogP) is 2.48. The van der Waals surface area contributed by atoms with Crippen molar-refractivity contribution in [3.63, 3.8) is 0 Å². The van der Waals surface area contributed by atoms with E-state index in [4.69, 9.17) is 4.74 Å². The maximum Gasteiger partial charge on any atom is 0.314 e. The van der Waals surface area contributed by atoms with E-state index >= 15 is 0 Å². The quantitative estimate of drug-likeness (QED) is 0.579. The number of nitrogens with one attached hydrogen (secondary N) is 3. The summed E-state index contributed by atoms with van der Waals surface area (Å²) < 4.78 is 18.7. The zero-order valence-electron chi connectivity index (χ0n) is 16.2. The lowest BCUT2D eigenvalue weighted by molar-refractivity contribution is -0.120. The zero-order chi connectivity index (χ0) is 20.4. The SMILES string of the molecule is Cc1cc(C)cc(OCCNC(=O)NCCNC(=O)Cc2cccc(F)c2)c1. The van der Waals surface area contributed by atoms with E-state index in [0.29, 0.717) is 31.8 Å². The number of hydrogen-bond acceptors (Lipinski definition) is 3. The summed E-state index contributed by atoms with van der Waals surface area (Å²) in [4.78, 5) is 23.5. The number of aryl methyl sites for hydroxylation is 2. The summed E-state index contributed by atoms with van der Waals surface area (Å²) in [6.07, 6.45) is 0.0970. The van der Waals surface area contributed by atoms with Crippen LogP contribution in [0.25, 0.3) is 0 Å². The summed E-state index contributed by atoms with van der Waals surface area (Å²) in [6.45, 7) is 5.32. The molecule has 0 aliphatic carbocycles. The second kappa shape index (κ2) is 10.9. The minimum Gasteiger partial charge on any atom is -0.492 e. The minimum atomic E-state index is -0.370. The van der Waals surface area contributed by atoms with Crippen molar-refractivity contribution in [2.75, 3.05) is 26.2 Å². The molecule has 6 nitrogen and oxygen atoms in total. The van der Waals surface area contributed by atoms with Crippen molar-refractivity contribution in [2.45, 2.75) is 20.3 Å². The van der Waals surface area contributed by atoms with Gasteiger partial charge in [0.05, 0.1) is 13.0 Å². The van der Waals surface area contributed by atoms with Crippen molar-refractivity contribution < 1.29 is 18.7 Å². The highest BCUT2D eigenvalue weighted by molar-refractivity contribution is 5.78. The van der Waals surface area contributed by atoms with Crippen LogP contribution >= 0.6 is 0 Å². The third-order valence-corrected chi connectivity index (χ3v) is 3.84. The number of carbonyl (C=O) groups excluding carboxylic acids is 2. The lowest BCUT2D eigenvalue weighted by Crippen LogP contribution is -2.41. The number of urea groups is 1. The van der Waals surface area contributed by atoms with E-state index in [-0.39, 0.29) is 24.2 Å². The fourth-order valence-electron chi connectivity index (χ4n) is 2.68. The van der Waals surface area contributed by atoms with Gasteiger partial charge in [-0.15, -0.1) is 0 Å². The highest BCUT2D eigenvalue weighted by atomic mass is 19.1. The largest absolute Gasteiger partial charge is 0.492 e. The molecule has 0 saturated heterocycles. The fraction of sp³-hybridized carbons (Fsp3) is 0.333. The highest BCUT2D eigenvalue weighted by Crippen LogP contribution is 2.15. The first kappa shape index (κ1) is 21.2. The maximum absolute atomic E-state index is 13.1. The molecule has 0 aromatic heterocycles. The van der Waals surface area contributed by atoms with E-state index in [0.717, 1.165) is 16.9 Å². The summed E-state index contributed by atoms with van der Waals surface area (Å²) in [5, 5.41) is 8.01. The Kier molecular flexibility index (Phi) is 8.27. The molecule has 28 heavy (non-hydrogen) atoms. The van der Waals surface area contributed by atoms with Gasteiger partial charge in [-0.1, -0.05) is 18.2 Å². The summed E-state index contributed by atoms with van der Waals surface area (Å²) in [5.41, 5.74) is 2.85. The number of benzene rings is 2. The molecule has 2 aromatic carbocycles. The molecule has 2 aromatic rings. The van der Waals surface area contributed by atoms with Crippen molar-refractivity contribution in [3.8, 4) is 5.75 Å². The van der Waals surface area contributed by atoms with Crippen LogP contribution in [0.2, 0.25) is 0 Å². The fourth-order valence-corrected chi connectivity index (χ4v) is 2.68. The molecule has 150 valence electrons. The number of halogens is 1. The third-order valence-electron chi connectivity index (χ3n) is 3.84. The van der Waals surface area contributed by atoms with Gasteiger partial charge in [0.1, 0.15) is 18.2 Å². The van der Waals surface area contributed by atoms with Crippen LogP contribution in [0.1, 0.15) is 16.7 Å². The summed E-state index contributed by atoms with van der Waals surface area (Å²) in [7, 11) is 0. The van der Waals surface area contributed by atoms with Crippen LogP contribution in [0.15, 0.2) is 42.5 Å². The molecule has 3 N–H and O–H groups in total. The van der Waals surface area contributed by atoms with Gasteiger partial charge in [-0.25, -0.2) is 9.18 Å². The number of rotatable bonds is 9. The Hall–Kier alpha value is -3.09. The van der Waals surface area contributed by atoms with Gasteiger partial charge in [-0.2, -0.15) is 0 Å². The Morgan fingerprint density at radius 2 is 1.61 bits per heavy atom. The molecular formula is C21H26FN3O3. The lowest BCUT2D eigenvalue weighted by atomic mass is 10.1. The first-order valence-electron chi connectivity index (χ1n) is 9.16. The summed E-state index contributed by atoms with van der Waals surface area (Å²) in [6, 6.07) is 11.5. The molecule has 0 fully saturated rings. The van der Waals surface area contributed by atoms with Crippen LogP contribution in [0.4, 0.5) is 9.18 Å². The van der Waals surface area contributed by atoms with Gasteiger partial charge in [0.2, 0.25) is 5.91 Å². The highest BCUT2D eigenvalue weighted by Gasteiger charge is 2.05. The average molecular weight is 387 g/mol. The molecular weight excluding hydrogens is 361 g/mol. The molecule has 7 heteroatoms. The Morgan fingerprint density at radius 1 is 0.929 bits per heavy atom. The lowest BCUT2D eigenvalue weighted by Gasteiger charge is -2.10. The van der Waals surface area contributed by atoms with Gasteiger partial charge in [-0.05, 0) is 54.8 Å². The molecule has 0 unspecified atom stereocenters. The molecule has 0 aliphatic rings. The topological polar surface area (TPSA) is 79.5 Å². The molecule has 0 radical (unpaired) electrons. The van der Waals surface area contributed by atoms with E-state index in [9.17, 15) is 14.0 Å². The van der Waals surface area contributed by atoms with Crippen LogP contribution in [0.3, 0.4) is 0 Å². The molecule has 0 bridgehead atoms. The smallest absolute Gasteiger partial charge is 0.314 e. The minimum absolute atomic E-state index is 0.0970. The molecule has 0 aliphatic heterocycles. The second-order valence-corrected chi connectivity index (χ2v) is 6.51. The van der Waals surface area contributed by atoms with Gasteiger partial charge in [-0.3, -0.25) is 4.79 Å². The van der Waals surface area contributed by atoms with Crippen molar-refractivity contribution in [1.29, 1.82) is 0 Å². The van der Waals surface area contributed by atoms with Crippen molar-refractivity contribution in [3.05, 3.63) is 65.0 Å². The maximum atomic E-state index is 13.1. The van der Waals surface area contributed by atoms with Crippen LogP contribution in [-0.2, 0) is 11.2 Å². The van der Waals surface area contributed by atoms with Crippen molar-refractivity contribution >= 4 is 11.9 Å². The van der Waals surface area contributed by atoms with Gasteiger partial charge in [0.25, 0.3) is 0 Å². The van der Waals surface area contributed by atoms with Gasteiger partial charge in [0.15, 0.2) is 0 Å². The van der Waals surface area contributed by atoms with Gasteiger partial charge >= 0.3 is 6.03 Å². The zero-order valence-corrected chi connectivity index (χ0v) is 16.2. The van der Waals surface area contributed by atoms with E-state index in [2.05, 4.69) is 22.0 Å². The molecule has 3 amide bonds. The number of ether oxygens (including phenoxy) is 1. The first-order chi connectivity index (χ1) is 13.4. The molecule has 0 atom stereocenters. The Balaban J connectivity index is 1.54. The van der Waals surface area contributed by atoms with Gasteiger partial charge in [0, 0.05) is 13.1 Å². The van der Waals surface area contributed by atoms with Crippen molar-refractivity contribution in [2.24, 2.45) is 0 Å². The van der Waals surface area contributed by atoms with Crippen LogP contribution in [0, 0.1) is 19.7 Å². The van der Waals surface area contributed by atoms with Crippen LogP contribution in [-0.4, -0.2) is 38.2 Å². The molecule has 0 heterocycles. The van der Waals surface area contributed by atoms with Crippen LogP contribution < -0.4 is 20.7 Å². The summed E-state index contributed by atoms with van der Waals surface area (Å²) in [5.74, 6) is 0.181. The van der Waals surface area contributed by atoms with Crippen molar-refractivity contribution in [1.82, 2.24) is 16.0 Å². The third kappa shape index (κ3) is 8.07. The number of hydrogen-bond donors (Lipinski definition) is 3. The summed E-state index contributed by atoms with van der Waals surface area (Å²) >= 11 is 0. The average Bonchev–Trinajstić information content (AvgIpc) is 2.62. The normalized spacial score (nSPS) is 10.2. The standard InChI is InChI=1S/C21H26FN3O3/c1-15-10-16(2)12-19(11-15)28-9-8-25-21(27)24-7-6-23-20(26)14-17-4-3-5-18(22)13-17/h3-5,10-13H,6-9,14H2,1-2H3,(H,23,26)(H2,24,25,27). The molecule has 0 spiro atoms. The van der Waals surface area contributed by atoms with E-state index in [1.807, 2.05) is 26.0 Å². The molecule has 2 rings (SSSR count). The second-order valence-electron chi connectivity index (χ2n) is 6.51. The van der Waals surface area contributed by atoms with Crippen LogP contribution in [0.5, 0.6) is 5.75 Å². The predicted molar refractivity (Wildman–Crippen MR) is 106 cm³/mol. The molecule has 0 saturated carbocycles.